The van der Waals surface area contributed by atoms with E-state index in [1.807, 2.05) is 67.6 Å². The van der Waals surface area contributed by atoms with Crippen LogP contribution in [0.1, 0.15) is 16.7 Å². The van der Waals surface area contributed by atoms with Crippen molar-refractivity contribution in [1.29, 1.82) is 0 Å². The zero-order chi connectivity index (χ0) is 25.2. The minimum Gasteiger partial charge on any atom is -0.488 e. The summed E-state index contributed by atoms with van der Waals surface area (Å²) in [5.41, 5.74) is 2.65. The van der Waals surface area contributed by atoms with Crippen LogP contribution in [0.5, 0.6) is 5.75 Å². The summed E-state index contributed by atoms with van der Waals surface area (Å²) in [7, 11) is 0. The molecule has 1 saturated heterocycles. The van der Waals surface area contributed by atoms with Gasteiger partial charge in [0, 0.05) is 5.56 Å². The molecule has 0 unspecified atom stereocenters. The minimum atomic E-state index is -0.857. The zero-order valence-electron chi connectivity index (χ0n) is 19.3. The first-order valence-corrected chi connectivity index (χ1v) is 11.7. The number of ether oxygens (including phenoxy) is 1. The second-order valence-electron chi connectivity index (χ2n) is 8.39. The molecule has 4 amide bonds. The highest BCUT2D eigenvalue weighted by Gasteiger charge is 2.38. The number of fused-ring (bicyclic) bond motifs is 1. The van der Waals surface area contributed by atoms with Crippen LogP contribution in [0.4, 0.5) is 10.5 Å². The van der Waals surface area contributed by atoms with E-state index >= 15 is 0 Å². The molecule has 36 heavy (non-hydrogen) atoms. The number of barbiturate groups is 1. The molecule has 1 fully saturated rings. The molecular weight excluding hydrogens is 476 g/mol. The summed E-state index contributed by atoms with van der Waals surface area (Å²) in [5.74, 6) is -1.05. The summed E-state index contributed by atoms with van der Waals surface area (Å²) in [5, 5.41) is 4.17. The van der Waals surface area contributed by atoms with Crippen molar-refractivity contribution in [2.45, 2.75) is 13.5 Å². The fraction of sp³-hybridized carbons (Fsp3) is 0.0690. The van der Waals surface area contributed by atoms with E-state index in [1.54, 1.807) is 24.3 Å². The molecule has 4 aromatic rings. The second-order valence-corrected chi connectivity index (χ2v) is 8.79. The Hall–Kier alpha value is -4.42. The number of halogens is 1. The number of para-hydroxylation sites is 1. The number of anilines is 1. The molecule has 0 spiro atoms. The number of urea groups is 1. The van der Waals surface area contributed by atoms with Gasteiger partial charge in [-0.1, -0.05) is 83.9 Å². The first-order chi connectivity index (χ1) is 17.4. The monoisotopic (exact) mass is 496 g/mol. The zero-order valence-corrected chi connectivity index (χ0v) is 20.1. The Morgan fingerprint density at radius 1 is 0.917 bits per heavy atom. The van der Waals surface area contributed by atoms with Gasteiger partial charge in [0.25, 0.3) is 11.8 Å². The average Bonchev–Trinajstić information content (AvgIpc) is 2.86. The Morgan fingerprint density at radius 3 is 2.50 bits per heavy atom. The van der Waals surface area contributed by atoms with E-state index in [9.17, 15) is 14.4 Å². The van der Waals surface area contributed by atoms with Crippen LogP contribution in [-0.2, 0) is 16.2 Å². The highest BCUT2D eigenvalue weighted by Crippen LogP contribution is 2.33. The standard InChI is InChI=1S/C29H21ClN2O4/c1-18-7-6-8-19(15-18)17-36-26-14-13-20-9-2-3-10-21(20)22(26)16-23-27(33)31-29(35)32(28(23)34)25-12-5-4-11-24(25)30/h2-16H,17H2,1H3,(H,31,33,35)/b23-16+. The maximum Gasteiger partial charge on any atom is 0.335 e. The molecule has 178 valence electrons. The molecule has 4 aromatic carbocycles. The molecular formula is C29H21ClN2O4. The first-order valence-electron chi connectivity index (χ1n) is 11.3. The van der Waals surface area contributed by atoms with Crippen LogP contribution in [0.15, 0.2) is 90.5 Å². The number of nitrogens with zero attached hydrogens (tertiary/aromatic N) is 1. The third-order valence-electron chi connectivity index (χ3n) is 5.89. The van der Waals surface area contributed by atoms with Crippen LogP contribution in [0.2, 0.25) is 5.02 Å². The number of aryl methyl sites for hydroxylation is 1. The van der Waals surface area contributed by atoms with Gasteiger partial charge in [0.2, 0.25) is 0 Å². The van der Waals surface area contributed by atoms with Gasteiger partial charge < -0.3 is 4.74 Å². The Labute approximate surface area is 212 Å². The van der Waals surface area contributed by atoms with Crippen LogP contribution < -0.4 is 15.0 Å². The number of carbonyl (C=O) groups excluding carboxylic acids is 3. The van der Waals surface area contributed by atoms with Crippen LogP contribution >= 0.6 is 11.6 Å². The third kappa shape index (κ3) is 4.46. The lowest BCUT2D eigenvalue weighted by Crippen LogP contribution is -2.54. The van der Waals surface area contributed by atoms with Gasteiger partial charge in [-0.2, -0.15) is 0 Å². The smallest absolute Gasteiger partial charge is 0.335 e. The van der Waals surface area contributed by atoms with Crippen molar-refractivity contribution in [3.63, 3.8) is 0 Å². The molecule has 0 aromatic heterocycles. The van der Waals surface area contributed by atoms with Gasteiger partial charge >= 0.3 is 6.03 Å². The van der Waals surface area contributed by atoms with Gasteiger partial charge in [0.15, 0.2) is 0 Å². The van der Waals surface area contributed by atoms with Crippen LogP contribution in [-0.4, -0.2) is 17.8 Å². The quantitative estimate of drug-likeness (QED) is 0.270. The summed E-state index contributed by atoms with van der Waals surface area (Å²) in [6, 6.07) is 24.9. The number of hydrogen-bond acceptors (Lipinski definition) is 4. The van der Waals surface area contributed by atoms with Gasteiger partial charge in [-0.3, -0.25) is 14.9 Å². The van der Waals surface area contributed by atoms with E-state index in [0.29, 0.717) is 17.9 Å². The highest BCUT2D eigenvalue weighted by atomic mass is 35.5. The minimum absolute atomic E-state index is 0.189. The van der Waals surface area contributed by atoms with Crippen LogP contribution in [0.3, 0.4) is 0 Å². The molecule has 0 bridgehead atoms. The van der Waals surface area contributed by atoms with Gasteiger partial charge in [0.1, 0.15) is 17.9 Å². The summed E-state index contributed by atoms with van der Waals surface area (Å²) in [4.78, 5) is 39.7. The van der Waals surface area contributed by atoms with E-state index in [1.165, 1.54) is 6.08 Å². The number of carbonyl (C=O) groups is 3. The highest BCUT2D eigenvalue weighted by molar-refractivity contribution is 6.42. The third-order valence-corrected chi connectivity index (χ3v) is 6.21. The van der Waals surface area contributed by atoms with Crippen molar-refractivity contribution >= 4 is 52.0 Å². The fourth-order valence-electron chi connectivity index (χ4n) is 4.17. The Kier molecular flexibility index (Phi) is 6.27. The molecule has 6 nitrogen and oxygen atoms in total. The second kappa shape index (κ2) is 9.68. The number of imide groups is 2. The van der Waals surface area contributed by atoms with E-state index in [4.69, 9.17) is 16.3 Å². The lowest BCUT2D eigenvalue weighted by atomic mass is 9.99. The molecule has 1 heterocycles. The van der Waals surface area contributed by atoms with Crippen molar-refractivity contribution < 1.29 is 19.1 Å². The Balaban J connectivity index is 1.59. The topological polar surface area (TPSA) is 75.7 Å². The first kappa shape index (κ1) is 23.3. The maximum atomic E-state index is 13.4. The van der Waals surface area contributed by atoms with Gasteiger partial charge in [0.05, 0.1) is 10.7 Å². The molecule has 0 aliphatic carbocycles. The number of benzene rings is 4. The lowest BCUT2D eigenvalue weighted by molar-refractivity contribution is -0.122. The summed E-state index contributed by atoms with van der Waals surface area (Å²) in [6.45, 7) is 2.31. The number of amides is 4. The SMILES string of the molecule is Cc1cccc(COc2ccc3ccccc3c2/C=C2\C(=O)NC(=O)N(c3ccccc3Cl)C2=O)c1. The van der Waals surface area contributed by atoms with Gasteiger partial charge in [-0.15, -0.1) is 0 Å². The largest absolute Gasteiger partial charge is 0.488 e. The molecule has 1 aliphatic heterocycles. The summed E-state index contributed by atoms with van der Waals surface area (Å²) in [6.07, 6.45) is 1.47. The molecule has 5 rings (SSSR count). The van der Waals surface area contributed by atoms with Crippen molar-refractivity contribution in [1.82, 2.24) is 5.32 Å². The molecule has 7 heteroatoms. The molecule has 0 saturated carbocycles. The van der Waals surface area contributed by atoms with Crippen molar-refractivity contribution in [2.24, 2.45) is 0 Å². The summed E-state index contributed by atoms with van der Waals surface area (Å²) >= 11 is 6.25. The predicted octanol–water partition coefficient (Wildman–Crippen LogP) is 6.05. The lowest BCUT2D eigenvalue weighted by Gasteiger charge is -2.27. The van der Waals surface area contributed by atoms with Crippen molar-refractivity contribution in [3.05, 3.63) is 112 Å². The summed E-state index contributed by atoms with van der Waals surface area (Å²) < 4.78 is 6.16. The predicted molar refractivity (Wildman–Crippen MR) is 140 cm³/mol. The van der Waals surface area contributed by atoms with Crippen molar-refractivity contribution in [3.8, 4) is 5.75 Å². The van der Waals surface area contributed by atoms with E-state index in [-0.39, 0.29) is 16.3 Å². The average molecular weight is 497 g/mol. The van der Waals surface area contributed by atoms with Crippen LogP contribution in [0, 0.1) is 6.92 Å². The molecule has 0 radical (unpaired) electrons. The molecule has 1 aliphatic rings. The number of hydrogen-bond donors (Lipinski definition) is 1. The normalized spacial score (nSPS) is 14.9. The van der Waals surface area contributed by atoms with Crippen LogP contribution in [0.25, 0.3) is 16.8 Å². The molecule has 0 atom stereocenters. The maximum absolute atomic E-state index is 13.4. The number of nitrogens with one attached hydrogen (secondary N) is 1. The van der Waals surface area contributed by atoms with E-state index in [2.05, 4.69) is 5.32 Å². The van der Waals surface area contributed by atoms with Crippen molar-refractivity contribution in [2.75, 3.05) is 4.90 Å². The van der Waals surface area contributed by atoms with Gasteiger partial charge in [-0.05, 0) is 47.5 Å². The van der Waals surface area contributed by atoms with Gasteiger partial charge in [-0.25, -0.2) is 9.69 Å². The Morgan fingerprint density at radius 2 is 1.69 bits per heavy atom. The van der Waals surface area contributed by atoms with E-state index < -0.39 is 17.8 Å². The number of rotatable bonds is 5. The molecule has 1 N–H and O–H groups in total. The fourth-order valence-corrected chi connectivity index (χ4v) is 4.39. The Bertz CT molecular complexity index is 1560. The van der Waals surface area contributed by atoms with E-state index in [0.717, 1.165) is 26.8 Å².